The van der Waals surface area contributed by atoms with E-state index in [0.717, 1.165) is 27.9 Å². The summed E-state index contributed by atoms with van der Waals surface area (Å²) in [6.07, 6.45) is 5.46. The predicted molar refractivity (Wildman–Crippen MR) is 117 cm³/mol. The summed E-state index contributed by atoms with van der Waals surface area (Å²) in [6, 6.07) is 21.9. The van der Waals surface area contributed by atoms with Crippen molar-refractivity contribution in [2.45, 2.75) is 6.92 Å². The Bertz CT molecular complexity index is 1430. The maximum absolute atomic E-state index is 12.1. The van der Waals surface area contributed by atoms with Gasteiger partial charge in [-0.1, -0.05) is 59.8 Å². The molecule has 6 nitrogen and oxygen atoms in total. The summed E-state index contributed by atoms with van der Waals surface area (Å²) in [5, 5.41) is 6.44. The number of fused-ring (bicyclic) bond motifs is 1. The van der Waals surface area contributed by atoms with Crippen molar-refractivity contribution in [3.63, 3.8) is 0 Å². The van der Waals surface area contributed by atoms with E-state index in [4.69, 9.17) is 4.52 Å². The van der Waals surface area contributed by atoms with Gasteiger partial charge in [-0.25, -0.2) is 4.79 Å². The fourth-order valence-corrected chi connectivity index (χ4v) is 3.54. The molecule has 2 heterocycles. The minimum absolute atomic E-state index is 0.184. The van der Waals surface area contributed by atoms with Crippen molar-refractivity contribution in [2.24, 2.45) is 0 Å². The zero-order chi connectivity index (χ0) is 20.5. The maximum Gasteiger partial charge on any atom is 0.330 e. The Hall–Kier alpha value is -4.19. The fourth-order valence-electron chi connectivity index (χ4n) is 3.54. The van der Waals surface area contributed by atoms with Crippen LogP contribution in [0.3, 0.4) is 0 Å². The zero-order valence-electron chi connectivity index (χ0n) is 16.2. The molecule has 0 spiro atoms. The van der Waals surface area contributed by atoms with Gasteiger partial charge in [-0.3, -0.25) is 4.57 Å². The minimum atomic E-state index is -0.184. The molecule has 0 aliphatic heterocycles. The average Bonchev–Trinajstić information content (AvgIpc) is 3.38. The number of benzene rings is 3. The molecule has 0 bridgehead atoms. The number of aryl methyl sites for hydroxylation is 1. The van der Waals surface area contributed by atoms with Gasteiger partial charge in [0.2, 0.25) is 5.82 Å². The minimum Gasteiger partial charge on any atom is -0.334 e. The summed E-state index contributed by atoms with van der Waals surface area (Å²) >= 11 is 0. The van der Waals surface area contributed by atoms with Crippen LogP contribution >= 0.6 is 0 Å². The van der Waals surface area contributed by atoms with E-state index in [-0.39, 0.29) is 5.69 Å². The Labute approximate surface area is 172 Å². The molecule has 0 amide bonds. The number of hydrogen-bond acceptors (Lipinski definition) is 4. The van der Waals surface area contributed by atoms with Crippen LogP contribution in [-0.4, -0.2) is 19.7 Å². The number of aromatic nitrogens is 4. The summed E-state index contributed by atoms with van der Waals surface area (Å²) in [5.41, 5.74) is 3.24. The van der Waals surface area contributed by atoms with E-state index in [1.54, 1.807) is 10.8 Å². The lowest BCUT2D eigenvalue weighted by Crippen LogP contribution is -2.15. The second-order valence-corrected chi connectivity index (χ2v) is 6.98. The van der Waals surface area contributed by atoms with Gasteiger partial charge in [0, 0.05) is 23.5 Å². The van der Waals surface area contributed by atoms with Crippen LogP contribution in [0.5, 0.6) is 0 Å². The molecule has 5 aromatic rings. The highest BCUT2D eigenvalue weighted by Crippen LogP contribution is 2.22. The second kappa shape index (κ2) is 7.33. The quantitative estimate of drug-likeness (QED) is 0.473. The van der Waals surface area contributed by atoms with Crippen molar-refractivity contribution in [1.82, 2.24) is 19.7 Å². The summed E-state index contributed by atoms with van der Waals surface area (Å²) < 4.78 is 7.01. The largest absolute Gasteiger partial charge is 0.334 e. The normalized spacial score (nSPS) is 11.5. The molecule has 2 aromatic heterocycles. The lowest BCUT2D eigenvalue weighted by Gasteiger charge is -2.05. The standard InChI is InChI=1S/C24H18N4O2/c1-16-15-25-24(29)28(16)20-10-5-9-19(14-20)23-26-22(30-27-23)13-12-18-8-4-7-17-6-2-3-11-21(17)18/h2-15H,1H3,(H,25,29)/b13-12+. The SMILES string of the molecule is Cc1c[nH]c(=O)n1-c1cccc(-c2noc(/C=C/c3cccc4ccccc34)n2)c1. The highest BCUT2D eigenvalue weighted by molar-refractivity contribution is 5.92. The Kier molecular flexibility index (Phi) is 4.37. The van der Waals surface area contributed by atoms with E-state index in [0.29, 0.717) is 11.7 Å². The molecule has 1 N–H and O–H groups in total. The van der Waals surface area contributed by atoms with E-state index in [9.17, 15) is 4.79 Å². The first kappa shape index (κ1) is 17.9. The van der Waals surface area contributed by atoms with Crippen LogP contribution in [0, 0.1) is 6.92 Å². The first-order valence-corrected chi connectivity index (χ1v) is 9.56. The monoisotopic (exact) mass is 394 g/mol. The van der Waals surface area contributed by atoms with Crippen LogP contribution in [0.1, 0.15) is 17.1 Å². The van der Waals surface area contributed by atoms with Crippen molar-refractivity contribution in [2.75, 3.05) is 0 Å². The van der Waals surface area contributed by atoms with Crippen molar-refractivity contribution < 1.29 is 4.52 Å². The molecule has 0 unspecified atom stereocenters. The lowest BCUT2D eigenvalue weighted by atomic mass is 10.0. The molecule has 0 saturated carbocycles. The summed E-state index contributed by atoms with van der Waals surface area (Å²) in [4.78, 5) is 19.2. The van der Waals surface area contributed by atoms with Crippen LogP contribution in [0.25, 0.3) is 40.0 Å². The third kappa shape index (κ3) is 3.24. The van der Waals surface area contributed by atoms with Gasteiger partial charge in [0.15, 0.2) is 0 Å². The molecule has 0 radical (unpaired) electrons. The fraction of sp³-hybridized carbons (Fsp3) is 0.0417. The zero-order valence-corrected chi connectivity index (χ0v) is 16.2. The van der Waals surface area contributed by atoms with Crippen LogP contribution in [0.2, 0.25) is 0 Å². The van der Waals surface area contributed by atoms with E-state index >= 15 is 0 Å². The maximum atomic E-state index is 12.1. The third-order valence-electron chi connectivity index (χ3n) is 4.99. The number of nitrogens with one attached hydrogen (secondary N) is 1. The van der Waals surface area contributed by atoms with Crippen molar-refractivity contribution >= 4 is 22.9 Å². The number of nitrogens with zero attached hydrogens (tertiary/aromatic N) is 3. The highest BCUT2D eigenvalue weighted by Gasteiger charge is 2.10. The van der Waals surface area contributed by atoms with Gasteiger partial charge in [0.25, 0.3) is 5.89 Å². The molecule has 146 valence electrons. The molecule has 0 atom stereocenters. The predicted octanol–water partition coefficient (Wildman–Crippen LogP) is 4.85. The summed E-state index contributed by atoms with van der Waals surface area (Å²) in [7, 11) is 0. The second-order valence-electron chi connectivity index (χ2n) is 6.98. The molecule has 0 saturated heterocycles. The lowest BCUT2D eigenvalue weighted by molar-refractivity contribution is 0.411. The average molecular weight is 394 g/mol. The van der Waals surface area contributed by atoms with E-state index in [1.807, 2.05) is 61.5 Å². The molecular formula is C24H18N4O2. The number of aromatic amines is 1. The van der Waals surface area contributed by atoms with Crippen molar-refractivity contribution in [3.05, 3.63) is 101 Å². The van der Waals surface area contributed by atoms with Gasteiger partial charge in [0.1, 0.15) is 0 Å². The van der Waals surface area contributed by atoms with Gasteiger partial charge >= 0.3 is 5.69 Å². The molecule has 0 aliphatic rings. The third-order valence-corrected chi connectivity index (χ3v) is 4.99. The Morgan fingerprint density at radius 3 is 2.70 bits per heavy atom. The van der Waals surface area contributed by atoms with Gasteiger partial charge in [-0.05, 0) is 41.5 Å². The Morgan fingerprint density at radius 1 is 1.00 bits per heavy atom. The highest BCUT2D eigenvalue weighted by atomic mass is 16.5. The molecular weight excluding hydrogens is 376 g/mol. The van der Waals surface area contributed by atoms with Crippen LogP contribution in [0.4, 0.5) is 0 Å². The van der Waals surface area contributed by atoms with Crippen LogP contribution in [-0.2, 0) is 0 Å². The van der Waals surface area contributed by atoms with Gasteiger partial charge < -0.3 is 9.51 Å². The smallest absolute Gasteiger partial charge is 0.330 e. The van der Waals surface area contributed by atoms with E-state index < -0.39 is 0 Å². The van der Waals surface area contributed by atoms with Crippen molar-refractivity contribution in [3.8, 4) is 17.1 Å². The van der Waals surface area contributed by atoms with Gasteiger partial charge in [0.05, 0.1) is 5.69 Å². The van der Waals surface area contributed by atoms with Crippen LogP contribution in [0.15, 0.2) is 82.2 Å². The molecule has 0 fully saturated rings. The summed E-state index contributed by atoms with van der Waals surface area (Å²) in [5.74, 6) is 0.883. The Balaban J connectivity index is 1.46. The first-order chi connectivity index (χ1) is 14.7. The Morgan fingerprint density at radius 2 is 1.83 bits per heavy atom. The van der Waals surface area contributed by atoms with Gasteiger partial charge in [-0.2, -0.15) is 4.98 Å². The topological polar surface area (TPSA) is 76.7 Å². The van der Waals surface area contributed by atoms with E-state index in [1.165, 1.54) is 5.39 Å². The molecule has 0 aliphatic carbocycles. The van der Waals surface area contributed by atoms with Gasteiger partial charge in [-0.15, -0.1) is 0 Å². The number of imidazole rings is 1. The molecule has 6 heteroatoms. The number of rotatable bonds is 4. The van der Waals surface area contributed by atoms with E-state index in [2.05, 4.69) is 39.4 Å². The first-order valence-electron chi connectivity index (χ1n) is 9.56. The molecule has 30 heavy (non-hydrogen) atoms. The van der Waals surface area contributed by atoms with Crippen molar-refractivity contribution in [1.29, 1.82) is 0 Å². The number of H-pyrrole nitrogens is 1. The molecule has 5 rings (SSSR count). The number of hydrogen-bond donors (Lipinski definition) is 1. The van der Waals surface area contributed by atoms with Crippen LogP contribution < -0.4 is 5.69 Å². The molecule has 3 aromatic carbocycles. The summed E-state index contributed by atoms with van der Waals surface area (Å²) in [6.45, 7) is 1.87.